The fourth-order valence-electron chi connectivity index (χ4n) is 1.55. The second-order valence-corrected chi connectivity index (χ2v) is 5.11. The molecule has 0 unspecified atom stereocenters. The number of benzene rings is 2. The molecule has 7 heteroatoms. The summed E-state index contributed by atoms with van der Waals surface area (Å²) in [6.07, 6.45) is 0. The van der Waals surface area contributed by atoms with Crippen molar-refractivity contribution in [2.75, 3.05) is 11.1 Å². The van der Waals surface area contributed by atoms with E-state index < -0.39 is 4.92 Å². The van der Waals surface area contributed by atoms with E-state index in [4.69, 9.17) is 17.3 Å². The first-order valence-electron chi connectivity index (χ1n) is 5.23. The molecule has 19 heavy (non-hydrogen) atoms. The number of hydrogen-bond acceptors (Lipinski definition) is 4. The minimum absolute atomic E-state index is 0.0401. The smallest absolute Gasteiger partial charge is 0.292 e. The van der Waals surface area contributed by atoms with Crippen LogP contribution in [0.25, 0.3) is 0 Å². The number of hydrogen-bond donors (Lipinski definition) is 2. The predicted molar refractivity (Wildman–Crippen MR) is 79.9 cm³/mol. The van der Waals surface area contributed by atoms with Gasteiger partial charge in [0.25, 0.3) is 5.69 Å². The number of halogens is 2. The standard InChI is InChI=1S/C12H9BrClN3O2/c13-7-1-4-12(17(18)19)11(5-7)16-10-6-8(15)2-3-9(10)14/h1-6,16H,15H2. The third kappa shape index (κ3) is 3.15. The van der Waals surface area contributed by atoms with Gasteiger partial charge >= 0.3 is 0 Å². The maximum Gasteiger partial charge on any atom is 0.292 e. The fraction of sp³-hybridized carbons (Fsp3) is 0. The number of nitrogens with one attached hydrogen (secondary N) is 1. The number of anilines is 3. The molecule has 2 rings (SSSR count). The van der Waals surface area contributed by atoms with Gasteiger partial charge in [0.05, 0.1) is 15.6 Å². The number of nitrogens with zero attached hydrogens (tertiary/aromatic N) is 1. The van der Waals surface area contributed by atoms with Crippen LogP contribution in [-0.2, 0) is 0 Å². The van der Waals surface area contributed by atoms with Crippen LogP contribution in [0.2, 0.25) is 5.02 Å². The minimum atomic E-state index is -0.463. The van der Waals surface area contributed by atoms with Crippen LogP contribution in [0.4, 0.5) is 22.7 Å². The molecule has 0 aliphatic rings. The van der Waals surface area contributed by atoms with Gasteiger partial charge in [0.1, 0.15) is 5.69 Å². The van der Waals surface area contributed by atoms with E-state index >= 15 is 0 Å². The number of nitrogen functional groups attached to an aromatic ring is 1. The average Bonchev–Trinajstić information content (AvgIpc) is 2.33. The summed E-state index contributed by atoms with van der Waals surface area (Å²) in [6, 6.07) is 9.52. The summed E-state index contributed by atoms with van der Waals surface area (Å²) in [5, 5.41) is 14.3. The highest BCUT2D eigenvalue weighted by atomic mass is 79.9. The van der Waals surface area contributed by atoms with Crippen molar-refractivity contribution >= 4 is 50.3 Å². The highest BCUT2D eigenvalue weighted by Crippen LogP contribution is 2.33. The molecule has 3 N–H and O–H groups in total. The van der Waals surface area contributed by atoms with Crippen LogP contribution in [0.3, 0.4) is 0 Å². The van der Waals surface area contributed by atoms with Crippen molar-refractivity contribution in [3.05, 3.63) is 56.0 Å². The van der Waals surface area contributed by atoms with Crippen molar-refractivity contribution in [3.8, 4) is 0 Å². The summed E-state index contributed by atoms with van der Waals surface area (Å²) >= 11 is 9.29. The Bertz CT molecular complexity index is 649. The Hall–Kier alpha value is -1.79. The maximum atomic E-state index is 11.0. The lowest BCUT2D eigenvalue weighted by molar-refractivity contribution is -0.383. The van der Waals surface area contributed by atoms with Gasteiger partial charge in [-0.2, -0.15) is 0 Å². The average molecular weight is 343 g/mol. The van der Waals surface area contributed by atoms with Crippen molar-refractivity contribution in [1.29, 1.82) is 0 Å². The lowest BCUT2D eigenvalue weighted by Crippen LogP contribution is -1.98. The van der Waals surface area contributed by atoms with Gasteiger partial charge in [0, 0.05) is 16.2 Å². The minimum Gasteiger partial charge on any atom is -0.399 e. The Kier molecular flexibility index (Phi) is 3.92. The summed E-state index contributed by atoms with van der Waals surface area (Å²) in [5.74, 6) is 0. The van der Waals surface area contributed by atoms with Gasteiger partial charge in [0.15, 0.2) is 0 Å². The van der Waals surface area contributed by atoms with Crippen molar-refractivity contribution in [3.63, 3.8) is 0 Å². The maximum absolute atomic E-state index is 11.0. The molecule has 0 bridgehead atoms. The molecule has 0 heterocycles. The first kappa shape index (κ1) is 13.6. The first-order valence-corrected chi connectivity index (χ1v) is 6.40. The second-order valence-electron chi connectivity index (χ2n) is 3.78. The predicted octanol–water partition coefficient (Wildman–Crippen LogP) is 4.34. The van der Waals surface area contributed by atoms with E-state index in [1.807, 2.05) is 0 Å². The zero-order chi connectivity index (χ0) is 14.0. The molecule has 0 aliphatic heterocycles. The van der Waals surface area contributed by atoms with Crippen molar-refractivity contribution in [2.45, 2.75) is 0 Å². The molecular weight excluding hydrogens is 334 g/mol. The third-order valence-electron chi connectivity index (χ3n) is 2.42. The lowest BCUT2D eigenvalue weighted by atomic mass is 10.2. The van der Waals surface area contributed by atoms with Crippen molar-refractivity contribution in [1.82, 2.24) is 0 Å². The lowest BCUT2D eigenvalue weighted by Gasteiger charge is -2.10. The Balaban J connectivity index is 2.45. The zero-order valence-electron chi connectivity index (χ0n) is 9.56. The van der Waals surface area contributed by atoms with E-state index in [1.54, 1.807) is 30.3 Å². The number of nitrogens with two attached hydrogens (primary N) is 1. The van der Waals surface area contributed by atoms with Crippen LogP contribution < -0.4 is 11.1 Å². The largest absolute Gasteiger partial charge is 0.399 e. The fourth-order valence-corrected chi connectivity index (χ4v) is 2.08. The Morgan fingerprint density at radius 2 is 1.95 bits per heavy atom. The van der Waals surface area contributed by atoms with Crippen LogP contribution in [0.5, 0.6) is 0 Å². The molecule has 98 valence electrons. The molecule has 0 aromatic heterocycles. The molecule has 5 nitrogen and oxygen atoms in total. The van der Waals surface area contributed by atoms with Gasteiger partial charge in [0.2, 0.25) is 0 Å². The van der Waals surface area contributed by atoms with Gasteiger partial charge in [-0.15, -0.1) is 0 Å². The Labute approximate surface area is 122 Å². The van der Waals surface area contributed by atoms with Crippen LogP contribution in [0.1, 0.15) is 0 Å². The van der Waals surface area contributed by atoms with E-state index in [9.17, 15) is 10.1 Å². The van der Waals surface area contributed by atoms with E-state index in [2.05, 4.69) is 21.2 Å². The van der Waals surface area contributed by atoms with Crippen LogP contribution in [-0.4, -0.2) is 4.92 Å². The number of nitro benzene ring substituents is 1. The summed E-state index contributed by atoms with van der Waals surface area (Å²) in [6.45, 7) is 0. The second kappa shape index (κ2) is 5.46. The highest BCUT2D eigenvalue weighted by Gasteiger charge is 2.15. The molecule has 0 amide bonds. The monoisotopic (exact) mass is 341 g/mol. The van der Waals surface area contributed by atoms with Gasteiger partial charge in [-0.05, 0) is 30.3 Å². The molecule has 0 saturated carbocycles. The molecule has 0 saturated heterocycles. The highest BCUT2D eigenvalue weighted by molar-refractivity contribution is 9.10. The van der Waals surface area contributed by atoms with E-state index in [0.29, 0.717) is 22.1 Å². The van der Waals surface area contributed by atoms with Crippen LogP contribution in [0, 0.1) is 10.1 Å². The Morgan fingerprint density at radius 1 is 1.21 bits per heavy atom. The molecule has 0 atom stereocenters. The quantitative estimate of drug-likeness (QED) is 0.494. The SMILES string of the molecule is Nc1ccc(Cl)c(Nc2cc(Br)ccc2[N+](=O)[O-])c1. The number of rotatable bonds is 3. The third-order valence-corrected chi connectivity index (χ3v) is 3.24. The van der Waals surface area contributed by atoms with E-state index in [0.717, 1.165) is 4.47 Å². The van der Waals surface area contributed by atoms with Crippen LogP contribution >= 0.6 is 27.5 Å². The first-order chi connectivity index (χ1) is 8.97. The van der Waals surface area contributed by atoms with Gasteiger partial charge in [-0.1, -0.05) is 27.5 Å². The molecule has 2 aromatic rings. The van der Waals surface area contributed by atoms with Gasteiger partial charge < -0.3 is 11.1 Å². The molecule has 0 aliphatic carbocycles. The summed E-state index contributed by atoms with van der Waals surface area (Å²) < 4.78 is 0.723. The topological polar surface area (TPSA) is 81.2 Å². The normalized spacial score (nSPS) is 10.2. The van der Waals surface area contributed by atoms with Crippen LogP contribution in [0.15, 0.2) is 40.9 Å². The summed E-state index contributed by atoms with van der Waals surface area (Å²) in [7, 11) is 0. The molecule has 0 fully saturated rings. The Morgan fingerprint density at radius 3 is 2.63 bits per heavy atom. The van der Waals surface area contributed by atoms with Gasteiger partial charge in [-0.3, -0.25) is 10.1 Å². The summed E-state index contributed by atoms with van der Waals surface area (Å²) in [5.41, 5.74) is 7.00. The van der Waals surface area contributed by atoms with Crippen molar-refractivity contribution in [2.24, 2.45) is 0 Å². The zero-order valence-corrected chi connectivity index (χ0v) is 11.9. The summed E-state index contributed by atoms with van der Waals surface area (Å²) in [4.78, 5) is 10.5. The van der Waals surface area contributed by atoms with Crippen molar-refractivity contribution < 1.29 is 4.92 Å². The van der Waals surface area contributed by atoms with Gasteiger partial charge in [-0.25, -0.2) is 0 Å². The molecule has 2 aromatic carbocycles. The molecule has 0 radical (unpaired) electrons. The van der Waals surface area contributed by atoms with E-state index in [1.165, 1.54) is 6.07 Å². The molecular formula is C12H9BrClN3O2. The number of nitro groups is 1. The van der Waals surface area contributed by atoms with E-state index in [-0.39, 0.29) is 5.69 Å². The molecule has 0 spiro atoms.